The summed E-state index contributed by atoms with van der Waals surface area (Å²) in [5.74, 6) is 0.656. The third-order valence-corrected chi connectivity index (χ3v) is 2.78. The van der Waals surface area contributed by atoms with E-state index in [0.717, 1.165) is 16.5 Å². The molecule has 0 fully saturated rings. The molecule has 0 saturated heterocycles. The predicted octanol–water partition coefficient (Wildman–Crippen LogP) is 2.66. The summed E-state index contributed by atoms with van der Waals surface area (Å²) in [7, 11) is 0. The van der Waals surface area contributed by atoms with Crippen molar-refractivity contribution in [2.24, 2.45) is 5.73 Å². The Kier molecular flexibility index (Phi) is 4.11. The number of hydrogen-bond acceptors (Lipinski definition) is 3. The van der Waals surface area contributed by atoms with Crippen molar-refractivity contribution in [1.82, 2.24) is 4.98 Å². The third kappa shape index (κ3) is 3.80. The molecule has 0 aromatic carbocycles. The van der Waals surface area contributed by atoms with Gasteiger partial charge in [-0.15, -0.1) is 0 Å². The molecule has 0 radical (unpaired) electrons. The van der Waals surface area contributed by atoms with Gasteiger partial charge in [-0.1, -0.05) is 6.92 Å². The molecule has 0 saturated carbocycles. The van der Waals surface area contributed by atoms with Crippen LogP contribution < -0.4 is 10.5 Å². The molecular formula is C11H17BrN2O. The van der Waals surface area contributed by atoms with Gasteiger partial charge in [0, 0.05) is 21.8 Å². The van der Waals surface area contributed by atoms with Crippen molar-refractivity contribution >= 4 is 15.9 Å². The highest BCUT2D eigenvalue weighted by atomic mass is 79.9. The fraction of sp³-hybridized carbons (Fsp3) is 0.545. The van der Waals surface area contributed by atoms with Gasteiger partial charge in [0.15, 0.2) is 0 Å². The van der Waals surface area contributed by atoms with Gasteiger partial charge in [0.25, 0.3) is 0 Å². The van der Waals surface area contributed by atoms with E-state index in [1.54, 1.807) is 6.20 Å². The highest BCUT2D eigenvalue weighted by molar-refractivity contribution is 9.10. The normalized spacial score (nSPS) is 14.7. The molecule has 1 unspecified atom stereocenters. The van der Waals surface area contributed by atoms with E-state index in [1.165, 1.54) is 0 Å². The molecule has 1 aromatic rings. The van der Waals surface area contributed by atoms with Crippen LogP contribution >= 0.6 is 15.9 Å². The predicted molar refractivity (Wildman–Crippen MR) is 65.1 cm³/mol. The largest absolute Gasteiger partial charge is 0.476 e. The number of aromatic nitrogens is 1. The summed E-state index contributed by atoms with van der Waals surface area (Å²) in [5, 5.41) is 0. The number of hydrogen-bond donors (Lipinski definition) is 1. The van der Waals surface area contributed by atoms with E-state index >= 15 is 0 Å². The van der Waals surface area contributed by atoms with Gasteiger partial charge in [-0.05, 0) is 42.3 Å². The lowest BCUT2D eigenvalue weighted by molar-refractivity contribution is 0.217. The number of nitrogens with two attached hydrogens (primary N) is 1. The first-order valence-electron chi connectivity index (χ1n) is 4.98. The molecular weight excluding hydrogens is 256 g/mol. The maximum Gasteiger partial charge on any atom is 0.216 e. The second kappa shape index (κ2) is 4.94. The average Bonchev–Trinajstić information content (AvgIpc) is 2.16. The molecule has 0 aliphatic rings. The summed E-state index contributed by atoms with van der Waals surface area (Å²) in [6, 6.07) is 1.97. The Hall–Kier alpha value is -0.610. The monoisotopic (exact) mass is 272 g/mol. The average molecular weight is 273 g/mol. The van der Waals surface area contributed by atoms with E-state index in [1.807, 2.05) is 26.8 Å². The van der Waals surface area contributed by atoms with E-state index in [0.29, 0.717) is 12.5 Å². The van der Waals surface area contributed by atoms with Gasteiger partial charge < -0.3 is 10.5 Å². The van der Waals surface area contributed by atoms with Crippen LogP contribution in [0.25, 0.3) is 0 Å². The zero-order valence-corrected chi connectivity index (χ0v) is 11.0. The number of halogens is 1. The lowest BCUT2D eigenvalue weighted by Gasteiger charge is -2.22. The van der Waals surface area contributed by atoms with Crippen LogP contribution in [0, 0.1) is 6.92 Å². The number of nitrogens with zero attached hydrogens (tertiary/aromatic N) is 1. The van der Waals surface area contributed by atoms with Gasteiger partial charge in [0.1, 0.15) is 6.61 Å². The summed E-state index contributed by atoms with van der Waals surface area (Å²) >= 11 is 3.36. The van der Waals surface area contributed by atoms with Crippen molar-refractivity contribution in [2.75, 3.05) is 6.61 Å². The van der Waals surface area contributed by atoms with Crippen LogP contribution in [-0.2, 0) is 0 Å². The molecule has 84 valence electrons. The Bertz CT molecular complexity index is 339. The maximum atomic E-state index is 5.98. The standard InChI is InChI=1S/C11H17BrN2O/c1-4-11(3,13)7-15-10-8(2)5-9(12)6-14-10/h5-6H,4,7,13H2,1-3H3. The Morgan fingerprint density at radius 3 is 2.80 bits per heavy atom. The first-order valence-corrected chi connectivity index (χ1v) is 5.78. The van der Waals surface area contributed by atoms with Crippen LogP contribution in [0.1, 0.15) is 25.8 Å². The molecule has 0 aliphatic carbocycles. The number of pyridine rings is 1. The SMILES string of the molecule is CCC(C)(N)COc1ncc(Br)cc1C. The van der Waals surface area contributed by atoms with Crippen LogP contribution in [0.15, 0.2) is 16.7 Å². The fourth-order valence-electron chi connectivity index (χ4n) is 1.01. The summed E-state index contributed by atoms with van der Waals surface area (Å²) in [6.45, 7) is 6.47. The summed E-state index contributed by atoms with van der Waals surface area (Å²) in [6.07, 6.45) is 2.60. The molecule has 1 atom stereocenters. The summed E-state index contributed by atoms with van der Waals surface area (Å²) in [4.78, 5) is 4.19. The maximum absolute atomic E-state index is 5.98. The fourth-order valence-corrected chi connectivity index (χ4v) is 1.46. The summed E-state index contributed by atoms with van der Waals surface area (Å²) < 4.78 is 6.55. The molecule has 0 aliphatic heterocycles. The summed E-state index contributed by atoms with van der Waals surface area (Å²) in [5.41, 5.74) is 6.70. The minimum absolute atomic E-state index is 0.290. The number of ether oxygens (including phenoxy) is 1. The van der Waals surface area contributed by atoms with E-state index in [2.05, 4.69) is 20.9 Å². The number of rotatable bonds is 4. The molecule has 0 amide bonds. The minimum Gasteiger partial charge on any atom is -0.476 e. The Morgan fingerprint density at radius 1 is 1.60 bits per heavy atom. The van der Waals surface area contributed by atoms with Crippen molar-refractivity contribution < 1.29 is 4.74 Å². The van der Waals surface area contributed by atoms with Crippen molar-refractivity contribution in [3.8, 4) is 5.88 Å². The first-order chi connectivity index (χ1) is 6.94. The molecule has 3 nitrogen and oxygen atoms in total. The van der Waals surface area contributed by atoms with Gasteiger partial charge in [0.05, 0.1) is 0 Å². The second-order valence-electron chi connectivity index (χ2n) is 4.07. The lowest BCUT2D eigenvalue weighted by atomic mass is 10.0. The van der Waals surface area contributed by atoms with Crippen LogP contribution in [0.5, 0.6) is 5.88 Å². The third-order valence-electron chi connectivity index (χ3n) is 2.34. The van der Waals surface area contributed by atoms with Crippen molar-refractivity contribution in [1.29, 1.82) is 0 Å². The molecule has 0 spiro atoms. The van der Waals surface area contributed by atoms with Gasteiger partial charge in [-0.3, -0.25) is 0 Å². The molecule has 4 heteroatoms. The second-order valence-corrected chi connectivity index (χ2v) is 4.99. The van der Waals surface area contributed by atoms with Crippen LogP contribution in [0.4, 0.5) is 0 Å². The quantitative estimate of drug-likeness (QED) is 0.917. The van der Waals surface area contributed by atoms with Gasteiger partial charge >= 0.3 is 0 Å². The molecule has 1 rings (SSSR count). The smallest absolute Gasteiger partial charge is 0.216 e. The van der Waals surface area contributed by atoms with Gasteiger partial charge in [0.2, 0.25) is 5.88 Å². The van der Waals surface area contributed by atoms with E-state index in [4.69, 9.17) is 10.5 Å². The Balaban J connectivity index is 2.66. The highest BCUT2D eigenvalue weighted by Crippen LogP contribution is 2.19. The molecule has 1 aromatic heterocycles. The molecule has 2 N–H and O–H groups in total. The molecule has 0 bridgehead atoms. The van der Waals surface area contributed by atoms with Crippen LogP contribution in [-0.4, -0.2) is 17.1 Å². The van der Waals surface area contributed by atoms with Gasteiger partial charge in [-0.2, -0.15) is 0 Å². The van der Waals surface area contributed by atoms with E-state index < -0.39 is 0 Å². The van der Waals surface area contributed by atoms with Crippen molar-refractivity contribution in [3.05, 3.63) is 22.3 Å². The van der Waals surface area contributed by atoms with Crippen molar-refractivity contribution in [2.45, 2.75) is 32.7 Å². The zero-order valence-electron chi connectivity index (χ0n) is 9.38. The minimum atomic E-state index is -0.290. The topological polar surface area (TPSA) is 48.1 Å². The highest BCUT2D eigenvalue weighted by Gasteiger charge is 2.17. The lowest BCUT2D eigenvalue weighted by Crippen LogP contribution is -2.41. The molecule has 1 heterocycles. The Morgan fingerprint density at radius 2 is 2.27 bits per heavy atom. The zero-order chi connectivity index (χ0) is 11.5. The number of aryl methyl sites for hydroxylation is 1. The van der Waals surface area contributed by atoms with E-state index in [-0.39, 0.29) is 5.54 Å². The molecule has 15 heavy (non-hydrogen) atoms. The van der Waals surface area contributed by atoms with Crippen LogP contribution in [0.3, 0.4) is 0 Å². The first kappa shape index (κ1) is 12.5. The van der Waals surface area contributed by atoms with E-state index in [9.17, 15) is 0 Å². The van der Waals surface area contributed by atoms with Crippen LogP contribution in [0.2, 0.25) is 0 Å². The Labute approximate surface area is 99.2 Å². The van der Waals surface area contributed by atoms with Crippen molar-refractivity contribution in [3.63, 3.8) is 0 Å². The van der Waals surface area contributed by atoms with Gasteiger partial charge in [-0.25, -0.2) is 4.98 Å².